The zero-order valence-electron chi connectivity index (χ0n) is 19.8. The lowest BCUT2D eigenvalue weighted by atomic mass is 9.93. The van der Waals surface area contributed by atoms with E-state index in [0.717, 1.165) is 11.1 Å². The van der Waals surface area contributed by atoms with Crippen molar-refractivity contribution < 1.29 is 14.5 Å². The van der Waals surface area contributed by atoms with Crippen molar-refractivity contribution in [2.75, 3.05) is 19.6 Å². The van der Waals surface area contributed by atoms with E-state index in [9.17, 15) is 19.7 Å². The highest BCUT2D eigenvalue weighted by atomic mass is 35.5. The van der Waals surface area contributed by atoms with Crippen LogP contribution in [0, 0.1) is 16.0 Å². The summed E-state index contributed by atoms with van der Waals surface area (Å²) in [6, 6.07) is 12.4. The summed E-state index contributed by atoms with van der Waals surface area (Å²) in [5.74, 6) is -0.552. The molecule has 2 aromatic carbocycles. The van der Waals surface area contributed by atoms with Gasteiger partial charge in [0.15, 0.2) is 0 Å². The summed E-state index contributed by atoms with van der Waals surface area (Å²) in [6.07, 6.45) is 0.712. The molecule has 1 aliphatic heterocycles. The monoisotopic (exact) mass is 545 g/mol. The number of fused-ring (bicyclic) bond motifs is 1. The van der Waals surface area contributed by atoms with Crippen LogP contribution in [0.15, 0.2) is 53.9 Å². The first-order valence-corrected chi connectivity index (χ1v) is 13.1. The number of halogens is 2. The van der Waals surface area contributed by atoms with Crippen molar-refractivity contribution in [2.45, 2.75) is 26.3 Å². The lowest BCUT2D eigenvalue weighted by molar-refractivity contribution is -0.384. The smallest absolute Gasteiger partial charge is 0.270 e. The van der Waals surface area contributed by atoms with E-state index >= 15 is 0 Å². The Hall–Kier alpha value is -2.94. The molecule has 1 atom stereocenters. The summed E-state index contributed by atoms with van der Waals surface area (Å²) in [4.78, 5) is 42.2. The molecule has 188 valence electrons. The van der Waals surface area contributed by atoms with Gasteiger partial charge in [-0.2, -0.15) is 0 Å². The highest BCUT2D eigenvalue weighted by molar-refractivity contribution is 7.10. The van der Waals surface area contributed by atoms with Crippen molar-refractivity contribution in [1.82, 2.24) is 9.80 Å². The van der Waals surface area contributed by atoms with Gasteiger partial charge < -0.3 is 9.80 Å². The standard InChI is InChI=1S/C26H25Cl2N3O4S/c1-16(2)14-29(26(33)17-4-3-5-19(12-17)31(34)35)15-24(32)30-10-8-23-21(9-11-36-23)25(30)20-7-6-18(27)13-22(20)28/h3-7,9,11-13,16,25H,8,10,14-15H2,1-2H3/t25-/m0/s1. The number of benzene rings is 2. The third-order valence-electron chi connectivity index (χ3n) is 6.05. The topological polar surface area (TPSA) is 83.8 Å². The molecule has 36 heavy (non-hydrogen) atoms. The van der Waals surface area contributed by atoms with Gasteiger partial charge in [-0.15, -0.1) is 11.3 Å². The maximum Gasteiger partial charge on any atom is 0.270 e. The second-order valence-corrected chi connectivity index (χ2v) is 10.9. The van der Waals surface area contributed by atoms with E-state index in [1.165, 1.54) is 34.0 Å². The van der Waals surface area contributed by atoms with Crippen LogP contribution in [-0.4, -0.2) is 46.2 Å². The number of thiophene rings is 1. The van der Waals surface area contributed by atoms with Crippen molar-refractivity contribution in [2.24, 2.45) is 5.92 Å². The molecule has 0 unspecified atom stereocenters. The van der Waals surface area contributed by atoms with Gasteiger partial charge in [0, 0.05) is 45.7 Å². The number of nitro groups is 1. The minimum Gasteiger partial charge on any atom is -0.330 e. The molecule has 0 spiro atoms. The Morgan fingerprint density at radius 1 is 1.17 bits per heavy atom. The molecule has 3 aromatic rings. The second-order valence-electron chi connectivity index (χ2n) is 9.09. The summed E-state index contributed by atoms with van der Waals surface area (Å²) in [7, 11) is 0. The number of hydrogen-bond donors (Lipinski definition) is 0. The van der Waals surface area contributed by atoms with Gasteiger partial charge in [0.2, 0.25) is 5.91 Å². The number of non-ortho nitro benzene ring substituents is 1. The molecule has 1 aliphatic rings. The summed E-state index contributed by atoms with van der Waals surface area (Å²) in [5.41, 5.74) is 1.79. The molecule has 2 heterocycles. The van der Waals surface area contributed by atoms with Crippen molar-refractivity contribution in [3.63, 3.8) is 0 Å². The predicted molar refractivity (Wildman–Crippen MR) is 142 cm³/mol. The lowest BCUT2D eigenvalue weighted by Crippen LogP contribution is -2.47. The molecular formula is C26H25Cl2N3O4S. The van der Waals surface area contributed by atoms with Crippen molar-refractivity contribution in [3.8, 4) is 0 Å². The number of carbonyl (C=O) groups excluding carboxylic acids is 2. The van der Waals surface area contributed by atoms with Crippen LogP contribution >= 0.6 is 34.5 Å². The maximum atomic E-state index is 13.8. The van der Waals surface area contributed by atoms with Gasteiger partial charge in [-0.05, 0) is 53.1 Å². The van der Waals surface area contributed by atoms with E-state index < -0.39 is 16.9 Å². The molecule has 7 nitrogen and oxygen atoms in total. The Balaban J connectivity index is 1.65. The Bertz CT molecular complexity index is 1310. The van der Waals surface area contributed by atoms with Gasteiger partial charge in [-0.25, -0.2) is 0 Å². The first kappa shape index (κ1) is 26.1. The summed E-state index contributed by atoms with van der Waals surface area (Å²) >= 11 is 14.3. The van der Waals surface area contributed by atoms with E-state index in [1.807, 2.05) is 31.4 Å². The lowest BCUT2D eigenvalue weighted by Gasteiger charge is -2.38. The molecule has 0 radical (unpaired) electrons. The second kappa shape index (κ2) is 11.0. The van der Waals surface area contributed by atoms with Gasteiger partial charge in [0.1, 0.15) is 6.54 Å². The third-order valence-corrected chi connectivity index (χ3v) is 7.61. The summed E-state index contributed by atoms with van der Waals surface area (Å²) in [6.45, 7) is 4.56. The maximum absolute atomic E-state index is 13.8. The van der Waals surface area contributed by atoms with Crippen molar-refractivity contribution in [1.29, 1.82) is 0 Å². The molecule has 0 saturated carbocycles. The van der Waals surface area contributed by atoms with Crippen LogP contribution in [0.3, 0.4) is 0 Å². The zero-order valence-corrected chi connectivity index (χ0v) is 22.1. The summed E-state index contributed by atoms with van der Waals surface area (Å²) in [5, 5.41) is 14.2. The van der Waals surface area contributed by atoms with E-state index in [2.05, 4.69) is 0 Å². The number of rotatable bonds is 7. The molecule has 0 saturated heterocycles. The molecule has 0 N–H and O–H groups in total. The SMILES string of the molecule is CC(C)CN(CC(=O)N1CCc2sccc2[C@@H]1c1ccc(Cl)cc1Cl)C(=O)c1cccc([N+](=O)[O-])c1. The van der Waals surface area contributed by atoms with Gasteiger partial charge >= 0.3 is 0 Å². The normalized spacial score (nSPS) is 15.0. The Labute approximate surface area is 223 Å². The van der Waals surface area contributed by atoms with E-state index in [4.69, 9.17) is 23.2 Å². The fraction of sp³-hybridized carbons (Fsp3) is 0.308. The molecule has 10 heteroatoms. The number of nitrogens with zero attached hydrogens (tertiary/aromatic N) is 3. The number of hydrogen-bond acceptors (Lipinski definition) is 5. The number of nitro benzene ring substituents is 1. The van der Waals surface area contributed by atoms with Crippen LogP contribution in [0.1, 0.15) is 46.3 Å². The fourth-order valence-electron chi connectivity index (χ4n) is 4.49. The van der Waals surface area contributed by atoms with E-state index in [-0.39, 0.29) is 29.6 Å². The minimum absolute atomic E-state index is 0.0896. The average molecular weight is 546 g/mol. The highest BCUT2D eigenvalue weighted by Crippen LogP contribution is 2.41. The Morgan fingerprint density at radius 2 is 1.94 bits per heavy atom. The quantitative estimate of drug-likeness (QED) is 0.260. The molecule has 2 amide bonds. The fourth-order valence-corrected chi connectivity index (χ4v) is 5.91. The van der Waals surface area contributed by atoms with Crippen LogP contribution in [0.2, 0.25) is 10.0 Å². The van der Waals surface area contributed by atoms with E-state index in [0.29, 0.717) is 29.6 Å². The Morgan fingerprint density at radius 3 is 2.64 bits per heavy atom. The van der Waals surface area contributed by atoms with Crippen LogP contribution in [0.25, 0.3) is 0 Å². The summed E-state index contributed by atoms with van der Waals surface area (Å²) < 4.78 is 0. The average Bonchev–Trinajstić information content (AvgIpc) is 3.31. The third kappa shape index (κ3) is 5.56. The molecular weight excluding hydrogens is 521 g/mol. The van der Waals surface area contributed by atoms with Crippen LogP contribution in [0.4, 0.5) is 5.69 Å². The molecule has 0 fully saturated rings. The van der Waals surface area contributed by atoms with Crippen LogP contribution in [-0.2, 0) is 11.2 Å². The van der Waals surface area contributed by atoms with Crippen LogP contribution < -0.4 is 0 Å². The first-order valence-electron chi connectivity index (χ1n) is 11.5. The molecule has 1 aromatic heterocycles. The Kier molecular flexibility index (Phi) is 7.97. The van der Waals surface area contributed by atoms with Crippen molar-refractivity contribution >= 4 is 52.0 Å². The number of amides is 2. The first-order chi connectivity index (χ1) is 17.2. The number of carbonyl (C=O) groups is 2. The van der Waals surface area contributed by atoms with Gasteiger partial charge in [0.25, 0.3) is 11.6 Å². The molecule has 0 bridgehead atoms. The molecule has 0 aliphatic carbocycles. The minimum atomic E-state index is -0.540. The zero-order chi connectivity index (χ0) is 26.0. The highest BCUT2D eigenvalue weighted by Gasteiger charge is 2.35. The largest absolute Gasteiger partial charge is 0.330 e. The van der Waals surface area contributed by atoms with Gasteiger partial charge in [-0.3, -0.25) is 19.7 Å². The van der Waals surface area contributed by atoms with Crippen LogP contribution in [0.5, 0.6) is 0 Å². The van der Waals surface area contributed by atoms with Crippen molar-refractivity contribution in [3.05, 3.63) is 95.6 Å². The predicted octanol–water partition coefficient (Wildman–Crippen LogP) is 6.24. The van der Waals surface area contributed by atoms with E-state index in [1.54, 1.807) is 28.4 Å². The van der Waals surface area contributed by atoms with Gasteiger partial charge in [0.05, 0.1) is 11.0 Å². The van der Waals surface area contributed by atoms with Gasteiger partial charge in [-0.1, -0.05) is 49.2 Å². The molecule has 4 rings (SSSR count).